The molecule has 0 bridgehead atoms. The van der Waals surface area contributed by atoms with E-state index in [1.165, 1.54) is 5.56 Å². The predicted octanol–water partition coefficient (Wildman–Crippen LogP) is 4.45. The van der Waals surface area contributed by atoms with Crippen LogP contribution in [0.4, 0.5) is 0 Å². The van der Waals surface area contributed by atoms with E-state index >= 15 is 0 Å². The molecule has 3 aromatic carbocycles. The second-order valence-electron chi connectivity index (χ2n) is 6.96. The summed E-state index contributed by atoms with van der Waals surface area (Å²) >= 11 is 0. The Morgan fingerprint density at radius 2 is 1.10 bits per heavy atom. The van der Waals surface area contributed by atoms with Gasteiger partial charge in [-0.15, -0.1) is 0 Å². The molecule has 0 saturated heterocycles. The van der Waals surface area contributed by atoms with Crippen LogP contribution in [-0.2, 0) is 10.1 Å². The molecule has 0 radical (unpaired) electrons. The van der Waals surface area contributed by atoms with Gasteiger partial charge in [0.1, 0.15) is 5.75 Å². The maximum absolute atomic E-state index is 10.7. The molecule has 0 saturated carbocycles. The van der Waals surface area contributed by atoms with Crippen LogP contribution >= 0.6 is 0 Å². The Kier molecular flexibility index (Phi) is 7.51. The van der Waals surface area contributed by atoms with Gasteiger partial charge in [-0.25, -0.2) is 0 Å². The minimum Gasteiger partial charge on any atom is -0.494 e. The highest BCUT2D eigenvalue weighted by Crippen LogP contribution is 2.12. The fraction of sp³-hybridized carbons (Fsp3) is 0.154. The van der Waals surface area contributed by atoms with Crippen molar-refractivity contribution in [2.75, 3.05) is 12.4 Å². The molecule has 0 aliphatic rings. The molecule has 0 aliphatic heterocycles. The van der Waals surface area contributed by atoms with E-state index in [1.54, 1.807) is 12.1 Å². The number of aryl methyl sites for hydroxylation is 1. The number of ether oxygens (including phenoxy) is 1. The Morgan fingerprint density at radius 3 is 1.52 bits per heavy atom. The highest BCUT2D eigenvalue weighted by atomic mass is 32.2. The zero-order valence-corrected chi connectivity index (χ0v) is 17.9. The first-order chi connectivity index (χ1) is 14.9. The van der Waals surface area contributed by atoms with Gasteiger partial charge < -0.3 is 4.74 Å². The molecule has 1 N–H and O–H groups in total. The Labute approximate surface area is 183 Å². The fourth-order valence-corrected chi connectivity index (χ4v) is 3.11. The van der Waals surface area contributed by atoms with Crippen molar-refractivity contribution < 1.29 is 17.7 Å². The molecule has 156 valence electrons. The van der Waals surface area contributed by atoms with Gasteiger partial charge >= 0.3 is 0 Å². The van der Waals surface area contributed by atoms with Crippen LogP contribution in [0.25, 0.3) is 0 Å². The van der Waals surface area contributed by atoms with Crippen molar-refractivity contribution in [2.24, 2.45) is 0 Å². The van der Waals surface area contributed by atoms with Gasteiger partial charge in [0.25, 0.3) is 10.1 Å². The highest BCUT2D eigenvalue weighted by molar-refractivity contribution is 7.85. The summed E-state index contributed by atoms with van der Waals surface area (Å²) in [6, 6.07) is 23.1. The summed E-state index contributed by atoms with van der Waals surface area (Å²) in [5.41, 5.74) is 4.87. The minimum atomic E-state index is -3.95. The third-order valence-corrected chi connectivity index (χ3v) is 5.11. The molecule has 3 aromatic rings. The zero-order valence-electron chi connectivity index (χ0n) is 17.1. The van der Waals surface area contributed by atoms with Crippen molar-refractivity contribution in [1.82, 2.24) is 0 Å². The van der Waals surface area contributed by atoms with Gasteiger partial charge in [-0.05, 0) is 74.0 Å². The minimum absolute atomic E-state index is 0.212. The van der Waals surface area contributed by atoms with Gasteiger partial charge in [-0.1, -0.05) is 41.4 Å². The molecule has 0 heterocycles. The molecule has 0 aromatic heterocycles. The van der Waals surface area contributed by atoms with E-state index in [0.29, 0.717) is 5.75 Å². The van der Waals surface area contributed by atoms with E-state index in [4.69, 9.17) is 9.29 Å². The molecule has 3 rings (SSSR count). The Morgan fingerprint density at radius 1 is 0.710 bits per heavy atom. The van der Waals surface area contributed by atoms with E-state index in [2.05, 4.69) is 30.6 Å². The first-order valence-corrected chi connectivity index (χ1v) is 11.4. The molecule has 0 fully saturated rings. The normalized spacial score (nSPS) is 10.4. The molecule has 4 nitrogen and oxygen atoms in total. The molecule has 0 amide bonds. The van der Waals surface area contributed by atoms with Gasteiger partial charge in [-0.3, -0.25) is 4.55 Å². The van der Waals surface area contributed by atoms with Crippen LogP contribution in [-0.4, -0.2) is 25.3 Å². The van der Waals surface area contributed by atoms with Crippen LogP contribution in [0.15, 0.2) is 72.8 Å². The predicted molar refractivity (Wildman–Crippen MR) is 123 cm³/mol. The third kappa shape index (κ3) is 8.03. The van der Waals surface area contributed by atoms with E-state index in [9.17, 15) is 8.42 Å². The lowest BCUT2D eigenvalue weighted by Crippen LogP contribution is -2.08. The van der Waals surface area contributed by atoms with Gasteiger partial charge in [-0.2, -0.15) is 8.42 Å². The topological polar surface area (TPSA) is 63.6 Å². The van der Waals surface area contributed by atoms with Crippen LogP contribution in [0.3, 0.4) is 0 Å². The van der Waals surface area contributed by atoms with E-state index in [0.717, 1.165) is 22.3 Å². The Balaban J connectivity index is 1.55. The molecule has 0 unspecified atom stereocenters. The van der Waals surface area contributed by atoms with Crippen molar-refractivity contribution in [3.8, 4) is 29.4 Å². The number of rotatable bonds is 5. The van der Waals surface area contributed by atoms with Crippen LogP contribution in [0.5, 0.6) is 5.75 Å². The summed E-state index contributed by atoms with van der Waals surface area (Å²) in [7, 11) is -3.95. The first kappa shape index (κ1) is 22.2. The van der Waals surface area contributed by atoms with Crippen molar-refractivity contribution in [1.29, 1.82) is 0 Å². The molecular weight excluding hydrogens is 408 g/mol. The monoisotopic (exact) mass is 430 g/mol. The first-order valence-electron chi connectivity index (χ1n) is 9.76. The zero-order chi connectivity index (χ0) is 22.1. The maximum atomic E-state index is 10.7. The van der Waals surface area contributed by atoms with Gasteiger partial charge in [0.2, 0.25) is 0 Å². The largest absolute Gasteiger partial charge is 0.494 e. The second-order valence-corrected chi connectivity index (χ2v) is 8.53. The summed E-state index contributed by atoms with van der Waals surface area (Å²) < 4.78 is 35.5. The van der Waals surface area contributed by atoms with Gasteiger partial charge in [0.05, 0.1) is 12.4 Å². The SMILES string of the molecule is Cc1ccc(C#Cc2ccc(C#Cc3ccc(OCCCS(=O)(=O)O)cc3)cc2)cc1. The lowest BCUT2D eigenvalue weighted by molar-refractivity contribution is 0.316. The number of benzene rings is 3. The molecule has 5 heteroatoms. The van der Waals surface area contributed by atoms with E-state index < -0.39 is 10.1 Å². The molecular formula is C26H22O4S. The average Bonchev–Trinajstić information content (AvgIpc) is 2.76. The summed E-state index contributed by atoms with van der Waals surface area (Å²) in [5.74, 6) is 12.9. The summed E-state index contributed by atoms with van der Waals surface area (Å²) in [4.78, 5) is 0. The molecule has 0 spiro atoms. The van der Waals surface area contributed by atoms with Crippen LogP contribution in [0.2, 0.25) is 0 Å². The van der Waals surface area contributed by atoms with Crippen LogP contribution < -0.4 is 4.74 Å². The average molecular weight is 431 g/mol. The Bertz CT molecular complexity index is 1230. The van der Waals surface area contributed by atoms with Crippen molar-refractivity contribution in [3.63, 3.8) is 0 Å². The fourth-order valence-electron chi connectivity index (χ4n) is 2.63. The summed E-state index contributed by atoms with van der Waals surface area (Å²) in [6.45, 7) is 2.26. The second kappa shape index (κ2) is 10.5. The van der Waals surface area contributed by atoms with Gasteiger partial charge in [0, 0.05) is 22.3 Å². The van der Waals surface area contributed by atoms with Crippen LogP contribution in [0, 0.1) is 30.6 Å². The Hall–Kier alpha value is -3.51. The van der Waals surface area contributed by atoms with Crippen LogP contribution in [0.1, 0.15) is 34.2 Å². The summed E-state index contributed by atoms with van der Waals surface area (Å²) in [5, 5.41) is 0. The smallest absolute Gasteiger partial charge is 0.264 e. The highest BCUT2D eigenvalue weighted by Gasteiger charge is 2.03. The van der Waals surface area contributed by atoms with E-state index in [1.807, 2.05) is 60.7 Å². The van der Waals surface area contributed by atoms with Crippen molar-refractivity contribution in [2.45, 2.75) is 13.3 Å². The summed E-state index contributed by atoms with van der Waals surface area (Å²) in [6.07, 6.45) is 0.228. The number of hydrogen-bond donors (Lipinski definition) is 1. The van der Waals surface area contributed by atoms with Crippen molar-refractivity contribution in [3.05, 3.63) is 101 Å². The lowest BCUT2D eigenvalue weighted by atomic mass is 10.1. The lowest BCUT2D eigenvalue weighted by Gasteiger charge is -2.05. The van der Waals surface area contributed by atoms with E-state index in [-0.39, 0.29) is 18.8 Å². The standard InChI is InChI=1S/C26H22O4S/c1-21-3-5-22(6-4-21)7-8-23-9-11-24(12-10-23)13-14-25-15-17-26(18-16-25)30-19-2-20-31(27,28)29/h3-6,9-12,15-18H,2,19-20H2,1H3,(H,27,28,29). The molecule has 0 aliphatic carbocycles. The van der Waals surface area contributed by atoms with Gasteiger partial charge in [0.15, 0.2) is 0 Å². The molecule has 0 atom stereocenters. The maximum Gasteiger partial charge on any atom is 0.264 e. The van der Waals surface area contributed by atoms with Crippen molar-refractivity contribution >= 4 is 10.1 Å². The third-order valence-electron chi connectivity index (χ3n) is 4.31. The molecule has 31 heavy (non-hydrogen) atoms. The quantitative estimate of drug-likeness (QED) is 0.369. The number of hydrogen-bond acceptors (Lipinski definition) is 3.